The van der Waals surface area contributed by atoms with Gasteiger partial charge in [0, 0.05) is 45.2 Å². The molecule has 1 saturated heterocycles. The maximum absolute atomic E-state index is 12.0. The average Bonchev–Trinajstić information content (AvgIpc) is 3.34. The molecule has 1 aromatic rings. The minimum absolute atomic E-state index is 0. The second-order valence-electron chi connectivity index (χ2n) is 7.27. The number of guanidine groups is 1. The Morgan fingerprint density at radius 1 is 1.36 bits per heavy atom. The Bertz CT molecular complexity index is 589. The molecule has 2 heterocycles. The summed E-state index contributed by atoms with van der Waals surface area (Å²) in [5, 5.41) is 5.60. The topological polar surface area (TPSA) is 51.2 Å². The van der Waals surface area contributed by atoms with E-state index in [1.165, 1.54) is 11.3 Å². The highest BCUT2D eigenvalue weighted by Gasteiger charge is 2.26. The first-order chi connectivity index (χ1) is 13.0. The molecule has 2 rings (SSSR count). The van der Waals surface area contributed by atoms with Crippen molar-refractivity contribution in [2.75, 3.05) is 59.9 Å². The predicted molar refractivity (Wildman–Crippen MR) is 130 cm³/mol. The Labute approximate surface area is 191 Å². The van der Waals surface area contributed by atoms with Gasteiger partial charge in [0.2, 0.25) is 5.91 Å². The SMILES string of the molecule is CCN(CC)CC1CCN(C(=NCC(=O)N(C)C)NCCc2cccs2)C1.I. The van der Waals surface area contributed by atoms with Crippen LogP contribution in [0.25, 0.3) is 0 Å². The van der Waals surface area contributed by atoms with Crippen molar-refractivity contribution in [3.05, 3.63) is 22.4 Å². The molecular formula is C20H36IN5OS. The van der Waals surface area contributed by atoms with Crippen LogP contribution in [0, 0.1) is 5.92 Å². The van der Waals surface area contributed by atoms with Gasteiger partial charge in [-0.1, -0.05) is 19.9 Å². The van der Waals surface area contributed by atoms with E-state index in [1.54, 1.807) is 30.3 Å². The van der Waals surface area contributed by atoms with Crippen LogP contribution in [0.3, 0.4) is 0 Å². The highest BCUT2D eigenvalue weighted by molar-refractivity contribution is 14.0. The molecule has 1 unspecified atom stereocenters. The summed E-state index contributed by atoms with van der Waals surface area (Å²) in [4.78, 5) is 24.4. The molecule has 0 aliphatic carbocycles. The smallest absolute Gasteiger partial charge is 0.243 e. The maximum Gasteiger partial charge on any atom is 0.243 e. The zero-order chi connectivity index (χ0) is 19.6. The van der Waals surface area contributed by atoms with E-state index in [4.69, 9.17) is 0 Å². The molecule has 0 spiro atoms. The number of amides is 1. The van der Waals surface area contributed by atoms with Crippen LogP contribution in [0.5, 0.6) is 0 Å². The number of aliphatic imine (C=N–C) groups is 1. The molecule has 0 bridgehead atoms. The number of nitrogens with one attached hydrogen (secondary N) is 1. The molecule has 0 aromatic carbocycles. The second-order valence-corrected chi connectivity index (χ2v) is 8.30. The summed E-state index contributed by atoms with van der Waals surface area (Å²) < 4.78 is 0. The molecule has 6 nitrogen and oxygen atoms in total. The van der Waals surface area contributed by atoms with Gasteiger partial charge in [0.25, 0.3) is 0 Å². The van der Waals surface area contributed by atoms with Gasteiger partial charge >= 0.3 is 0 Å². The number of nitrogens with zero attached hydrogens (tertiary/aromatic N) is 4. The molecule has 1 fully saturated rings. The van der Waals surface area contributed by atoms with Crippen LogP contribution in [0.4, 0.5) is 0 Å². The summed E-state index contributed by atoms with van der Waals surface area (Å²) in [7, 11) is 3.55. The van der Waals surface area contributed by atoms with Gasteiger partial charge in [-0.15, -0.1) is 35.3 Å². The van der Waals surface area contributed by atoms with Gasteiger partial charge < -0.3 is 20.0 Å². The molecule has 1 N–H and O–H groups in total. The first-order valence-electron chi connectivity index (χ1n) is 10.0. The van der Waals surface area contributed by atoms with E-state index in [-0.39, 0.29) is 36.4 Å². The van der Waals surface area contributed by atoms with E-state index in [9.17, 15) is 4.79 Å². The standard InChI is InChI=1S/C20H35N5OS.HI/c1-5-24(6-2)15-17-10-12-25(16-17)20(22-14-19(26)23(3)4)21-11-9-18-8-7-13-27-18;/h7-8,13,17H,5-6,9-12,14-16H2,1-4H3,(H,21,22);1H. The van der Waals surface area contributed by atoms with E-state index >= 15 is 0 Å². The number of halogens is 1. The summed E-state index contributed by atoms with van der Waals surface area (Å²) in [6, 6.07) is 4.25. The van der Waals surface area contributed by atoms with Gasteiger partial charge in [-0.2, -0.15) is 0 Å². The van der Waals surface area contributed by atoms with Crippen molar-refractivity contribution >= 4 is 47.2 Å². The number of hydrogen-bond donors (Lipinski definition) is 1. The molecule has 8 heteroatoms. The van der Waals surface area contributed by atoms with Crippen LogP contribution in [0.1, 0.15) is 25.1 Å². The lowest BCUT2D eigenvalue weighted by molar-refractivity contribution is -0.127. The fourth-order valence-corrected chi connectivity index (χ4v) is 4.03. The molecular weight excluding hydrogens is 485 g/mol. The van der Waals surface area contributed by atoms with Gasteiger partial charge in [-0.05, 0) is 43.3 Å². The van der Waals surface area contributed by atoms with Crippen LogP contribution in [0.2, 0.25) is 0 Å². The average molecular weight is 522 g/mol. The number of carbonyl (C=O) groups excluding carboxylic acids is 1. The molecule has 1 atom stereocenters. The molecule has 1 amide bonds. The van der Waals surface area contributed by atoms with Gasteiger partial charge in [0.1, 0.15) is 6.54 Å². The van der Waals surface area contributed by atoms with Crippen molar-refractivity contribution in [2.45, 2.75) is 26.7 Å². The summed E-state index contributed by atoms with van der Waals surface area (Å²) in [5.74, 6) is 1.58. The molecule has 160 valence electrons. The molecule has 0 saturated carbocycles. The minimum atomic E-state index is 0. The van der Waals surface area contributed by atoms with E-state index < -0.39 is 0 Å². The largest absolute Gasteiger partial charge is 0.356 e. The molecule has 1 aliphatic heterocycles. The van der Waals surface area contributed by atoms with Crippen LogP contribution in [-0.4, -0.2) is 86.5 Å². The summed E-state index contributed by atoms with van der Waals surface area (Å²) in [6.07, 6.45) is 2.17. The predicted octanol–water partition coefficient (Wildman–Crippen LogP) is 2.61. The second kappa shape index (κ2) is 13.4. The maximum atomic E-state index is 12.0. The van der Waals surface area contributed by atoms with Crippen molar-refractivity contribution < 1.29 is 4.79 Å². The number of carbonyl (C=O) groups is 1. The minimum Gasteiger partial charge on any atom is -0.356 e. The van der Waals surface area contributed by atoms with Gasteiger partial charge in [-0.3, -0.25) is 4.79 Å². The molecule has 1 aliphatic rings. The highest BCUT2D eigenvalue weighted by atomic mass is 127. The normalized spacial score (nSPS) is 17.0. The van der Waals surface area contributed by atoms with Gasteiger partial charge in [-0.25, -0.2) is 4.99 Å². The molecule has 0 radical (unpaired) electrons. The van der Waals surface area contributed by atoms with Gasteiger partial charge in [0.15, 0.2) is 5.96 Å². The summed E-state index contributed by atoms with van der Waals surface area (Å²) >= 11 is 1.78. The Kier molecular flexibility index (Phi) is 12.0. The van der Waals surface area contributed by atoms with Crippen molar-refractivity contribution in [2.24, 2.45) is 10.9 Å². The molecule has 28 heavy (non-hydrogen) atoms. The lowest BCUT2D eigenvalue weighted by atomic mass is 10.1. The fourth-order valence-electron chi connectivity index (χ4n) is 3.32. The summed E-state index contributed by atoms with van der Waals surface area (Å²) in [6.45, 7) is 10.9. The quantitative estimate of drug-likeness (QED) is 0.309. The number of likely N-dealkylation sites (tertiary alicyclic amines) is 1. The Balaban J connectivity index is 0.00000392. The zero-order valence-corrected chi connectivity index (χ0v) is 20.8. The third-order valence-electron chi connectivity index (χ3n) is 5.09. The van der Waals surface area contributed by atoms with Crippen LogP contribution in [-0.2, 0) is 11.2 Å². The van der Waals surface area contributed by atoms with Crippen molar-refractivity contribution in [3.63, 3.8) is 0 Å². The number of thiophene rings is 1. The lowest BCUT2D eigenvalue weighted by Gasteiger charge is -2.24. The first-order valence-corrected chi connectivity index (χ1v) is 10.9. The van der Waals surface area contributed by atoms with Gasteiger partial charge in [0.05, 0.1) is 0 Å². The van der Waals surface area contributed by atoms with Crippen molar-refractivity contribution in [1.82, 2.24) is 20.0 Å². The third kappa shape index (κ3) is 8.24. The third-order valence-corrected chi connectivity index (χ3v) is 6.03. The van der Waals surface area contributed by atoms with Crippen molar-refractivity contribution in [1.29, 1.82) is 0 Å². The van der Waals surface area contributed by atoms with E-state index in [0.29, 0.717) is 5.92 Å². The fraction of sp³-hybridized carbons (Fsp3) is 0.700. The van der Waals surface area contributed by atoms with E-state index in [0.717, 1.165) is 51.6 Å². The number of likely N-dealkylation sites (N-methyl/N-ethyl adjacent to an activating group) is 1. The van der Waals surface area contributed by atoms with Crippen molar-refractivity contribution in [3.8, 4) is 0 Å². The summed E-state index contributed by atoms with van der Waals surface area (Å²) in [5.41, 5.74) is 0. The first kappa shape index (κ1) is 25.2. The molecule has 1 aromatic heterocycles. The monoisotopic (exact) mass is 521 g/mol. The van der Waals surface area contributed by atoms with Crippen LogP contribution in [0.15, 0.2) is 22.5 Å². The van der Waals surface area contributed by atoms with E-state index in [2.05, 4.69) is 51.5 Å². The Morgan fingerprint density at radius 3 is 2.71 bits per heavy atom. The lowest BCUT2D eigenvalue weighted by Crippen LogP contribution is -2.42. The zero-order valence-electron chi connectivity index (χ0n) is 17.7. The number of rotatable bonds is 9. The number of hydrogen-bond acceptors (Lipinski definition) is 4. The van der Waals surface area contributed by atoms with Crippen LogP contribution >= 0.6 is 35.3 Å². The Morgan fingerprint density at radius 2 is 2.11 bits per heavy atom. The van der Waals surface area contributed by atoms with Crippen LogP contribution < -0.4 is 5.32 Å². The Hall–Kier alpha value is -0.870. The van der Waals surface area contributed by atoms with E-state index in [1.807, 2.05) is 0 Å². The highest BCUT2D eigenvalue weighted by Crippen LogP contribution is 2.18.